The Morgan fingerprint density at radius 2 is 1.86 bits per heavy atom. The molecule has 1 amide bonds. The maximum atomic E-state index is 13.3. The number of carbonyl (C=O) groups excluding carboxylic acids is 1. The Labute approximate surface area is 120 Å². The number of benzene rings is 2. The number of halogens is 2. The molecule has 2 aromatic carbocycles. The van der Waals surface area contributed by atoms with Gasteiger partial charge in [0.2, 0.25) is 5.91 Å². The Hall–Kier alpha value is -2.76. The molecule has 2 N–H and O–H groups in total. The molecular weight excluding hydrogens is 276 g/mol. The molecule has 21 heavy (non-hydrogen) atoms. The summed E-state index contributed by atoms with van der Waals surface area (Å²) < 4.78 is 26.1. The van der Waals surface area contributed by atoms with Crippen LogP contribution in [0.5, 0.6) is 0 Å². The summed E-state index contributed by atoms with van der Waals surface area (Å²) in [6.07, 6.45) is 1.49. The average molecular weight is 289 g/mol. The molecule has 0 heterocycles. The molecule has 0 atom stereocenters. The van der Waals surface area contributed by atoms with Gasteiger partial charge in [-0.15, -0.1) is 0 Å². The van der Waals surface area contributed by atoms with E-state index in [0.717, 1.165) is 17.7 Å². The highest BCUT2D eigenvalue weighted by molar-refractivity contribution is 5.89. The van der Waals surface area contributed by atoms with Gasteiger partial charge >= 0.3 is 0 Å². The molecule has 0 unspecified atom stereocenters. The van der Waals surface area contributed by atoms with Crippen molar-refractivity contribution in [3.05, 3.63) is 59.7 Å². The lowest BCUT2D eigenvalue weighted by Crippen LogP contribution is -2.05. The average Bonchev–Trinajstić information content (AvgIpc) is 2.42. The third-order valence-corrected chi connectivity index (χ3v) is 2.56. The van der Waals surface area contributed by atoms with Crippen LogP contribution in [-0.4, -0.2) is 12.1 Å². The third kappa shape index (κ3) is 4.38. The van der Waals surface area contributed by atoms with Crippen molar-refractivity contribution in [1.82, 2.24) is 0 Å². The van der Waals surface area contributed by atoms with E-state index in [-0.39, 0.29) is 11.6 Å². The van der Waals surface area contributed by atoms with Crippen LogP contribution in [0.4, 0.5) is 20.2 Å². The van der Waals surface area contributed by atoms with E-state index in [4.69, 9.17) is 0 Å². The fourth-order valence-electron chi connectivity index (χ4n) is 1.61. The normalized spacial score (nSPS) is 10.6. The van der Waals surface area contributed by atoms with Crippen LogP contribution in [-0.2, 0) is 4.79 Å². The van der Waals surface area contributed by atoms with Crippen LogP contribution in [0.15, 0.2) is 47.6 Å². The van der Waals surface area contributed by atoms with E-state index < -0.39 is 11.6 Å². The second-order valence-electron chi connectivity index (χ2n) is 4.30. The van der Waals surface area contributed by atoms with Crippen LogP contribution in [0.1, 0.15) is 12.5 Å². The number of hydrogen-bond acceptors (Lipinski definition) is 3. The minimum Gasteiger partial charge on any atom is -0.326 e. The predicted molar refractivity (Wildman–Crippen MR) is 78.3 cm³/mol. The molecule has 6 heteroatoms. The zero-order valence-electron chi connectivity index (χ0n) is 11.2. The molecule has 2 aromatic rings. The van der Waals surface area contributed by atoms with Crippen molar-refractivity contribution in [2.45, 2.75) is 6.92 Å². The maximum absolute atomic E-state index is 13.3. The second-order valence-corrected chi connectivity index (χ2v) is 4.30. The van der Waals surface area contributed by atoms with Crippen molar-refractivity contribution in [3.8, 4) is 0 Å². The SMILES string of the molecule is CC(=O)Nc1ccc(/C=N/Nc2ccc(F)cc2F)cc1. The van der Waals surface area contributed by atoms with Crippen molar-refractivity contribution >= 4 is 23.5 Å². The lowest BCUT2D eigenvalue weighted by atomic mass is 10.2. The number of carbonyl (C=O) groups is 1. The van der Waals surface area contributed by atoms with E-state index in [1.807, 2.05) is 0 Å². The van der Waals surface area contributed by atoms with Gasteiger partial charge in [0, 0.05) is 18.7 Å². The van der Waals surface area contributed by atoms with Crippen molar-refractivity contribution in [2.75, 3.05) is 10.7 Å². The van der Waals surface area contributed by atoms with Crippen molar-refractivity contribution in [3.63, 3.8) is 0 Å². The number of nitrogens with zero attached hydrogens (tertiary/aromatic N) is 1. The van der Waals surface area contributed by atoms with Gasteiger partial charge in [0.25, 0.3) is 0 Å². The van der Waals surface area contributed by atoms with Crippen LogP contribution < -0.4 is 10.7 Å². The second kappa shape index (κ2) is 6.60. The summed E-state index contributed by atoms with van der Waals surface area (Å²) in [7, 11) is 0. The van der Waals surface area contributed by atoms with E-state index in [9.17, 15) is 13.6 Å². The number of rotatable bonds is 4. The highest BCUT2D eigenvalue weighted by Crippen LogP contribution is 2.14. The summed E-state index contributed by atoms with van der Waals surface area (Å²) in [6.45, 7) is 1.43. The molecule has 0 saturated carbocycles. The van der Waals surface area contributed by atoms with E-state index in [1.165, 1.54) is 19.2 Å². The van der Waals surface area contributed by atoms with Gasteiger partial charge in [-0.1, -0.05) is 12.1 Å². The van der Waals surface area contributed by atoms with Gasteiger partial charge in [-0.3, -0.25) is 10.2 Å². The molecule has 0 aliphatic carbocycles. The first-order chi connectivity index (χ1) is 10.0. The number of anilines is 2. The predicted octanol–water partition coefficient (Wildman–Crippen LogP) is 3.37. The van der Waals surface area contributed by atoms with Gasteiger partial charge < -0.3 is 5.32 Å². The Morgan fingerprint density at radius 1 is 1.14 bits per heavy atom. The number of hydrazone groups is 1. The Balaban J connectivity index is 1.99. The van der Waals surface area contributed by atoms with Crippen LogP contribution >= 0.6 is 0 Å². The molecule has 0 fully saturated rings. The lowest BCUT2D eigenvalue weighted by Gasteiger charge is -2.03. The quantitative estimate of drug-likeness (QED) is 0.669. The fraction of sp³-hybridized carbons (Fsp3) is 0.0667. The highest BCUT2D eigenvalue weighted by atomic mass is 19.1. The van der Waals surface area contributed by atoms with E-state index in [2.05, 4.69) is 15.8 Å². The molecular formula is C15H13F2N3O. The minimum absolute atomic E-state index is 0.0857. The monoisotopic (exact) mass is 289 g/mol. The third-order valence-electron chi connectivity index (χ3n) is 2.56. The summed E-state index contributed by atoms with van der Waals surface area (Å²) in [6, 6.07) is 10.1. The first-order valence-electron chi connectivity index (χ1n) is 6.16. The van der Waals surface area contributed by atoms with Crippen molar-refractivity contribution in [2.24, 2.45) is 5.10 Å². The largest absolute Gasteiger partial charge is 0.326 e. The van der Waals surface area contributed by atoms with Gasteiger partial charge in [0.15, 0.2) is 5.82 Å². The fourth-order valence-corrected chi connectivity index (χ4v) is 1.61. The first kappa shape index (κ1) is 14.6. The van der Waals surface area contributed by atoms with Gasteiger partial charge in [-0.2, -0.15) is 5.10 Å². The topological polar surface area (TPSA) is 53.5 Å². The van der Waals surface area contributed by atoms with Gasteiger partial charge in [0.1, 0.15) is 5.82 Å². The first-order valence-corrected chi connectivity index (χ1v) is 6.16. The summed E-state index contributed by atoms with van der Waals surface area (Å²) in [5.74, 6) is -1.51. The Kier molecular flexibility index (Phi) is 4.61. The molecule has 0 aromatic heterocycles. The van der Waals surface area contributed by atoms with Crippen molar-refractivity contribution in [1.29, 1.82) is 0 Å². The molecule has 0 radical (unpaired) electrons. The van der Waals surface area contributed by atoms with Gasteiger partial charge in [0.05, 0.1) is 11.9 Å². The smallest absolute Gasteiger partial charge is 0.221 e. The zero-order valence-corrected chi connectivity index (χ0v) is 11.2. The molecule has 108 valence electrons. The molecule has 0 aliphatic heterocycles. The van der Waals surface area contributed by atoms with Gasteiger partial charge in [-0.25, -0.2) is 8.78 Å². The molecule has 0 saturated heterocycles. The van der Waals surface area contributed by atoms with E-state index in [1.54, 1.807) is 24.3 Å². The maximum Gasteiger partial charge on any atom is 0.221 e. The lowest BCUT2D eigenvalue weighted by molar-refractivity contribution is -0.114. The van der Waals surface area contributed by atoms with E-state index in [0.29, 0.717) is 5.69 Å². The number of amides is 1. The van der Waals surface area contributed by atoms with Gasteiger partial charge in [-0.05, 0) is 29.8 Å². The summed E-state index contributed by atoms with van der Waals surface area (Å²) in [4.78, 5) is 10.9. The van der Waals surface area contributed by atoms with E-state index >= 15 is 0 Å². The number of nitrogens with one attached hydrogen (secondary N) is 2. The van der Waals surface area contributed by atoms with Crippen LogP contribution in [0.25, 0.3) is 0 Å². The number of hydrogen-bond donors (Lipinski definition) is 2. The zero-order chi connectivity index (χ0) is 15.2. The standard InChI is InChI=1S/C15H13F2N3O/c1-10(21)19-13-5-2-11(3-6-13)9-18-20-15-7-4-12(16)8-14(15)17/h2-9,20H,1H3,(H,19,21)/b18-9+. The minimum atomic E-state index is -0.715. The molecule has 0 bridgehead atoms. The Bertz CT molecular complexity index is 669. The summed E-state index contributed by atoms with van der Waals surface area (Å²) >= 11 is 0. The van der Waals surface area contributed by atoms with Crippen molar-refractivity contribution < 1.29 is 13.6 Å². The highest BCUT2D eigenvalue weighted by Gasteiger charge is 2.01. The van der Waals surface area contributed by atoms with Crippen LogP contribution in [0.3, 0.4) is 0 Å². The Morgan fingerprint density at radius 3 is 2.48 bits per heavy atom. The molecule has 0 spiro atoms. The van der Waals surface area contributed by atoms with Crippen LogP contribution in [0.2, 0.25) is 0 Å². The molecule has 4 nitrogen and oxygen atoms in total. The molecule has 0 aliphatic rings. The molecule has 2 rings (SSSR count). The van der Waals surface area contributed by atoms with Crippen LogP contribution in [0, 0.1) is 11.6 Å². The summed E-state index contributed by atoms with van der Waals surface area (Å²) in [5.41, 5.74) is 4.02. The summed E-state index contributed by atoms with van der Waals surface area (Å²) in [5, 5.41) is 6.51.